The van der Waals surface area contributed by atoms with Crippen molar-refractivity contribution in [2.45, 2.75) is 269 Å². The van der Waals surface area contributed by atoms with Gasteiger partial charge in [0.25, 0.3) is 0 Å². The fourth-order valence-corrected chi connectivity index (χ4v) is 10.5. The van der Waals surface area contributed by atoms with E-state index in [0.29, 0.717) is 0 Å². The van der Waals surface area contributed by atoms with Crippen LogP contribution in [0.25, 0.3) is 16.9 Å². The Morgan fingerprint density at radius 1 is 0.361 bits per heavy atom. The van der Waals surface area contributed by atoms with E-state index in [-0.39, 0.29) is 0 Å². The van der Waals surface area contributed by atoms with Crippen LogP contribution < -0.4 is 0 Å². The maximum absolute atomic E-state index is 10.8. The van der Waals surface area contributed by atoms with Crippen LogP contribution in [0.15, 0.2) is 60.7 Å². The number of rotatable bonds is 40. The van der Waals surface area contributed by atoms with Crippen LogP contribution in [0.1, 0.15) is 268 Å². The number of hydrogen-bond acceptors (Lipinski definition) is 0. The Balaban J connectivity index is 0.000000436. The number of nitrogens with zero attached hydrogens (tertiary/aromatic N) is 2. The fourth-order valence-electron chi connectivity index (χ4n) is 8.54. The molecule has 0 atom stereocenters. The number of aryl methyl sites for hydroxylation is 2. The molecule has 0 aromatic heterocycles. The molecular formula is C58H98N2Pd. The Bertz CT molecular complexity index is 1270. The van der Waals surface area contributed by atoms with Crippen LogP contribution >= 0.6 is 0 Å². The minimum Gasteiger partial charge on any atom is -0.493 e. The van der Waals surface area contributed by atoms with E-state index in [1.54, 1.807) is 9.79 Å². The molecule has 2 aromatic rings. The fraction of sp³-hybridized carbons (Fsp3) is 0.724. The Hall–Kier alpha value is -1.82. The number of unbranched alkanes of at least 4 members (excludes halogenated alkanes) is 30. The third kappa shape index (κ3) is 29.3. The van der Waals surface area contributed by atoms with E-state index >= 15 is 0 Å². The molecule has 0 unspecified atom stereocenters. The van der Waals surface area contributed by atoms with Gasteiger partial charge in [-0.05, 0) is 61.1 Å². The molecule has 350 valence electrons. The molecule has 61 heavy (non-hydrogen) atoms. The molecular weight excluding hydrogens is 831 g/mol. The van der Waals surface area contributed by atoms with Crippen LogP contribution in [-0.2, 0) is 30.8 Å². The van der Waals surface area contributed by atoms with Crippen molar-refractivity contribution in [1.29, 1.82) is 0 Å². The van der Waals surface area contributed by atoms with E-state index in [4.69, 9.17) is 0 Å². The van der Waals surface area contributed by atoms with Gasteiger partial charge < -0.3 is 5.53 Å². The number of benzene rings is 2. The summed E-state index contributed by atoms with van der Waals surface area (Å²) in [6.07, 6.45) is 55.5. The van der Waals surface area contributed by atoms with Gasteiger partial charge in [-0.2, -0.15) is 0 Å². The molecule has 2 aromatic carbocycles. The van der Waals surface area contributed by atoms with E-state index in [1.165, 1.54) is 234 Å². The topological polar surface area (TPSA) is 25.3 Å². The monoisotopic (exact) mass is 929 g/mol. The van der Waals surface area contributed by atoms with Gasteiger partial charge in [0.15, 0.2) is 0 Å². The van der Waals surface area contributed by atoms with E-state index in [1.807, 2.05) is 12.2 Å². The zero-order chi connectivity index (χ0) is 43.7. The molecule has 0 amide bonds. The Morgan fingerprint density at radius 3 is 0.934 bits per heavy atom. The molecule has 0 bridgehead atoms. The summed E-state index contributed by atoms with van der Waals surface area (Å²) in [5.41, 5.74) is 17.3. The van der Waals surface area contributed by atoms with E-state index < -0.39 is 0 Å². The molecule has 1 heterocycles. The second-order valence-corrected chi connectivity index (χ2v) is 20.7. The first-order valence-corrected chi connectivity index (χ1v) is 28.9. The molecule has 0 saturated heterocycles. The van der Waals surface area contributed by atoms with Gasteiger partial charge in [0, 0.05) is 23.3 Å². The van der Waals surface area contributed by atoms with Crippen LogP contribution in [0.3, 0.4) is 0 Å². The summed E-state index contributed by atoms with van der Waals surface area (Å²) in [4.78, 5) is 3.09. The zero-order valence-corrected chi connectivity index (χ0v) is 42.4. The Morgan fingerprint density at radius 2 is 0.639 bits per heavy atom. The van der Waals surface area contributed by atoms with Gasteiger partial charge in [0.1, 0.15) is 0 Å². The molecule has 0 aliphatic carbocycles. The average Bonchev–Trinajstić information content (AvgIpc) is 3.68. The molecule has 0 saturated carbocycles. The molecule has 0 radical (unpaired) electrons. The van der Waals surface area contributed by atoms with Crippen molar-refractivity contribution in [1.82, 2.24) is 0 Å². The first kappa shape index (κ1) is 55.3. The van der Waals surface area contributed by atoms with E-state index in [2.05, 4.69) is 76.2 Å². The van der Waals surface area contributed by atoms with Gasteiger partial charge in [-0.25, -0.2) is 4.70 Å². The summed E-state index contributed by atoms with van der Waals surface area (Å²) in [5.74, 6) is 0. The van der Waals surface area contributed by atoms with Gasteiger partial charge >= 0.3 is 169 Å². The quantitative estimate of drug-likeness (QED) is 0.0362. The van der Waals surface area contributed by atoms with Crippen molar-refractivity contribution in [3.63, 3.8) is 0 Å². The van der Waals surface area contributed by atoms with Gasteiger partial charge in [-0.1, -0.05) is 116 Å². The molecule has 1 aliphatic rings. The van der Waals surface area contributed by atoms with Crippen molar-refractivity contribution in [2.24, 2.45) is 0 Å². The second kappa shape index (κ2) is 40.9. The van der Waals surface area contributed by atoms with Gasteiger partial charge in [0.05, 0.1) is 0 Å². The molecule has 0 fully saturated rings. The van der Waals surface area contributed by atoms with Crippen LogP contribution in [0.5, 0.6) is 0 Å². The van der Waals surface area contributed by atoms with E-state index in [0.717, 1.165) is 53.3 Å². The predicted molar refractivity (Wildman–Crippen MR) is 269 cm³/mol. The van der Waals surface area contributed by atoms with Gasteiger partial charge in [-0.15, -0.1) is 0 Å². The minimum absolute atomic E-state index is 0.845. The number of hydrogen-bond donors (Lipinski definition) is 0. The Labute approximate surface area is 389 Å². The SMILES string of the molecule is CCCCCCCCCCCCCCCC[CH2][Pd][CH2]CCCCCCCCCCCCCCCC.CCCCc1cccc(C2=CC=C(c3cccc(CCCC)c3)[N+]2=[N-])c1. The summed E-state index contributed by atoms with van der Waals surface area (Å²) < 4.78 is 1.33. The third-order valence-corrected chi connectivity index (χ3v) is 14.8. The second-order valence-electron chi connectivity index (χ2n) is 18.4. The van der Waals surface area contributed by atoms with E-state index in [9.17, 15) is 5.53 Å². The van der Waals surface area contributed by atoms with Crippen LogP contribution in [-0.4, -0.2) is 4.70 Å². The summed E-state index contributed by atoms with van der Waals surface area (Å²) in [7, 11) is 0. The molecule has 3 rings (SSSR count). The standard InChI is InChI=1S/C24H28N2.2C17H35.Pd/c1-3-5-9-19-11-7-13-21(17-19)23-15-16-24(26(23)25)22-14-8-12-20(18-22)10-6-4-2;2*1-3-5-7-9-11-13-15-17-16-14-12-10-8-6-4-2;/h7-8,11-18H,3-6,9-10H2,1-2H3;2*1,3-17H2,2H3;. The first-order chi connectivity index (χ1) is 30.1. The summed E-state index contributed by atoms with van der Waals surface area (Å²) in [6.45, 7) is 9.04. The summed E-state index contributed by atoms with van der Waals surface area (Å²) in [6, 6.07) is 17.0. The van der Waals surface area contributed by atoms with Crippen LogP contribution in [0.2, 0.25) is 9.79 Å². The predicted octanol–water partition coefficient (Wildman–Crippen LogP) is 20.4. The molecule has 3 heteroatoms. The smallest absolute Gasteiger partial charge is 0.493 e. The average molecular weight is 930 g/mol. The normalized spacial score (nSPS) is 12.5. The van der Waals surface area contributed by atoms with Crippen molar-refractivity contribution in [3.05, 3.63) is 88.5 Å². The Kier molecular flexibility index (Phi) is 37.1. The van der Waals surface area contributed by atoms with Gasteiger partial charge in [-0.3, -0.25) is 0 Å². The van der Waals surface area contributed by atoms with Crippen molar-refractivity contribution in [2.75, 3.05) is 0 Å². The van der Waals surface area contributed by atoms with Crippen molar-refractivity contribution < 1.29 is 22.7 Å². The maximum atomic E-state index is 10.8. The minimum atomic E-state index is 0.845. The third-order valence-electron chi connectivity index (χ3n) is 12.6. The zero-order valence-electron chi connectivity index (χ0n) is 40.9. The molecule has 1 aliphatic heterocycles. The molecule has 2 nitrogen and oxygen atoms in total. The summed E-state index contributed by atoms with van der Waals surface area (Å²) >= 11 is 1.06. The van der Waals surface area contributed by atoms with Crippen molar-refractivity contribution >= 4 is 11.4 Å². The van der Waals surface area contributed by atoms with Crippen LogP contribution in [0, 0.1) is 0 Å². The number of allylic oxidation sites excluding steroid dienone is 2. The van der Waals surface area contributed by atoms with Crippen molar-refractivity contribution in [3.8, 4) is 0 Å². The molecule has 0 spiro atoms. The molecule has 0 N–H and O–H groups in total. The van der Waals surface area contributed by atoms with Gasteiger partial charge in [0.2, 0.25) is 11.4 Å². The first-order valence-electron chi connectivity index (χ1n) is 26.7. The van der Waals surface area contributed by atoms with Crippen LogP contribution in [0.4, 0.5) is 0 Å². The summed E-state index contributed by atoms with van der Waals surface area (Å²) in [5, 5.41) is 0.